The van der Waals surface area contributed by atoms with Crippen LogP contribution in [-0.2, 0) is 4.79 Å². The second-order valence-corrected chi connectivity index (χ2v) is 5.35. The maximum Gasteiger partial charge on any atom is 0.248 e. The van der Waals surface area contributed by atoms with Gasteiger partial charge in [0.05, 0.1) is 23.9 Å². The summed E-state index contributed by atoms with van der Waals surface area (Å²) in [5.74, 6) is 0.889. The van der Waals surface area contributed by atoms with Crippen molar-refractivity contribution in [1.29, 1.82) is 0 Å². The lowest BCUT2D eigenvalue weighted by atomic mass is 10.2. The van der Waals surface area contributed by atoms with Crippen molar-refractivity contribution in [2.24, 2.45) is 0 Å². The lowest BCUT2D eigenvalue weighted by Crippen LogP contribution is -2.08. The Balaban J connectivity index is 1.73. The van der Waals surface area contributed by atoms with Gasteiger partial charge in [0.2, 0.25) is 5.91 Å². The summed E-state index contributed by atoms with van der Waals surface area (Å²) in [7, 11) is 0. The quantitative estimate of drug-likeness (QED) is 0.874. The van der Waals surface area contributed by atoms with Gasteiger partial charge in [-0.15, -0.1) is 0 Å². The average Bonchev–Trinajstić information content (AvgIpc) is 2.79. The van der Waals surface area contributed by atoms with Crippen LogP contribution in [0.5, 0.6) is 11.5 Å². The SMILES string of the molecule is O=C(/C=C/c1cccnc1)Nc1cc2c(cc1Cl)OCCCO2. The van der Waals surface area contributed by atoms with Crippen LogP contribution in [0.15, 0.2) is 42.7 Å². The molecule has 1 aromatic carbocycles. The number of hydrogen-bond acceptors (Lipinski definition) is 4. The number of aromatic nitrogens is 1. The number of nitrogens with one attached hydrogen (secondary N) is 1. The predicted octanol–water partition coefficient (Wildman–Crippen LogP) is 3.55. The summed E-state index contributed by atoms with van der Waals surface area (Å²) in [5, 5.41) is 3.14. The minimum atomic E-state index is -0.287. The van der Waals surface area contributed by atoms with E-state index in [0.29, 0.717) is 35.4 Å². The van der Waals surface area contributed by atoms with Crippen molar-refractivity contribution in [3.63, 3.8) is 0 Å². The molecule has 6 heteroatoms. The van der Waals surface area contributed by atoms with Gasteiger partial charge in [-0.3, -0.25) is 9.78 Å². The van der Waals surface area contributed by atoms with Crippen LogP contribution in [0, 0.1) is 0 Å². The second-order valence-electron chi connectivity index (χ2n) is 4.94. The third-order valence-corrected chi connectivity index (χ3v) is 3.52. The molecule has 2 heterocycles. The lowest BCUT2D eigenvalue weighted by Gasteiger charge is -2.11. The highest BCUT2D eigenvalue weighted by atomic mass is 35.5. The first-order valence-electron chi connectivity index (χ1n) is 7.20. The molecule has 1 amide bonds. The van der Waals surface area contributed by atoms with E-state index in [-0.39, 0.29) is 5.91 Å². The van der Waals surface area contributed by atoms with Gasteiger partial charge in [0.1, 0.15) is 0 Å². The Morgan fingerprint density at radius 1 is 1.26 bits per heavy atom. The molecule has 0 fully saturated rings. The Hall–Kier alpha value is -2.53. The van der Waals surface area contributed by atoms with Gasteiger partial charge in [-0.2, -0.15) is 0 Å². The van der Waals surface area contributed by atoms with Crippen LogP contribution < -0.4 is 14.8 Å². The zero-order valence-electron chi connectivity index (χ0n) is 12.3. The van der Waals surface area contributed by atoms with E-state index < -0.39 is 0 Å². The van der Waals surface area contributed by atoms with E-state index in [1.807, 2.05) is 6.07 Å². The van der Waals surface area contributed by atoms with Crippen molar-refractivity contribution >= 4 is 29.3 Å². The summed E-state index contributed by atoms with van der Waals surface area (Å²) in [6.07, 6.45) is 7.26. The van der Waals surface area contributed by atoms with Crippen LogP contribution in [0.25, 0.3) is 6.08 Å². The van der Waals surface area contributed by atoms with E-state index >= 15 is 0 Å². The van der Waals surface area contributed by atoms with Gasteiger partial charge in [-0.05, 0) is 17.7 Å². The van der Waals surface area contributed by atoms with Crippen molar-refractivity contribution in [2.45, 2.75) is 6.42 Å². The fourth-order valence-electron chi connectivity index (χ4n) is 2.10. The molecule has 0 saturated heterocycles. The van der Waals surface area contributed by atoms with E-state index in [4.69, 9.17) is 21.1 Å². The van der Waals surface area contributed by atoms with E-state index in [1.165, 1.54) is 6.08 Å². The number of benzene rings is 1. The molecule has 5 nitrogen and oxygen atoms in total. The maximum atomic E-state index is 12.0. The van der Waals surface area contributed by atoms with Gasteiger partial charge in [0, 0.05) is 37.0 Å². The van der Waals surface area contributed by atoms with Crippen molar-refractivity contribution in [2.75, 3.05) is 18.5 Å². The fourth-order valence-corrected chi connectivity index (χ4v) is 2.30. The smallest absolute Gasteiger partial charge is 0.248 e. The topological polar surface area (TPSA) is 60.5 Å². The predicted molar refractivity (Wildman–Crippen MR) is 89.0 cm³/mol. The molecular weight excluding hydrogens is 316 g/mol. The number of ether oxygens (including phenoxy) is 2. The molecule has 1 N–H and O–H groups in total. The highest BCUT2D eigenvalue weighted by molar-refractivity contribution is 6.34. The Morgan fingerprint density at radius 2 is 2.04 bits per heavy atom. The monoisotopic (exact) mass is 330 g/mol. The summed E-state index contributed by atoms with van der Waals surface area (Å²) in [6, 6.07) is 7.00. The molecule has 118 valence electrons. The van der Waals surface area contributed by atoms with Crippen LogP contribution >= 0.6 is 11.6 Å². The molecule has 3 rings (SSSR count). The fraction of sp³-hybridized carbons (Fsp3) is 0.176. The molecule has 0 atom stereocenters. The number of hydrogen-bond donors (Lipinski definition) is 1. The molecule has 0 bridgehead atoms. The number of carbonyl (C=O) groups is 1. The Labute approximate surface area is 138 Å². The summed E-state index contributed by atoms with van der Waals surface area (Å²) < 4.78 is 11.1. The first-order valence-corrected chi connectivity index (χ1v) is 7.58. The molecule has 0 radical (unpaired) electrons. The van der Waals surface area contributed by atoms with Crippen LogP contribution in [0.4, 0.5) is 5.69 Å². The Kier molecular flexibility index (Phi) is 4.78. The first kappa shape index (κ1) is 15.4. The average molecular weight is 331 g/mol. The van der Waals surface area contributed by atoms with Crippen molar-refractivity contribution in [3.8, 4) is 11.5 Å². The molecule has 2 aromatic rings. The Bertz CT molecular complexity index is 732. The van der Waals surface area contributed by atoms with Crippen LogP contribution in [0.1, 0.15) is 12.0 Å². The summed E-state index contributed by atoms with van der Waals surface area (Å²) in [5.41, 5.74) is 1.32. The maximum absolute atomic E-state index is 12.0. The van der Waals surface area contributed by atoms with Crippen molar-refractivity contribution < 1.29 is 14.3 Å². The van der Waals surface area contributed by atoms with Crippen molar-refractivity contribution in [1.82, 2.24) is 4.98 Å². The molecule has 1 aliphatic heterocycles. The largest absolute Gasteiger partial charge is 0.490 e. The van der Waals surface area contributed by atoms with E-state index in [2.05, 4.69) is 10.3 Å². The number of rotatable bonds is 3. The number of carbonyl (C=O) groups excluding carboxylic acids is 1. The van der Waals surface area contributed by atoms with Gasteiger partial charge in [0.25, 0.3) is 0 Å². The molecule has 23 heavy (non-hydrogen) atoms. The molecule has 0 unspecified atom stereocenters. The van der Waals surface area contributed by atoms with E-state index in [9.17, 15) is 4.79 Å². The van der Waals surface area contributed by atoms with Gasteiger partial charge in [0.15, 0.2) is 11.5 Å². The number of halogens is 1. The lowest BCUT2D eigenvalue weighted by molar-refractivity contribution is -0.111. The Morgan fingerprint density at radius 3 is 2.78 bits per heavy atom. The second kappa shape index (κ2) is 7.15. The number of nitrogens with zero attached hydrogens (tertiary/aromatic N) is 1. The minimum Gasteiger partial charge on any atom is -0.490 e. The third-order valence-electron chi connectivity index (χ3n) is 3.21. The van der Waals surface area contributed by atoms with Crippen molar-refractivity contribution in [3.05, 3.63) is 53.3 Å². The summed E-state index contributed by atoms with van der Waals surface area (Å²) in [6.45, 7) is 1.16. The molecular formula is C17H15ClN2O3. The zero-order valence-corrected chi connectivity index (χ0v) is 13.0. The minimum absolute atomic E-state index is 0.287. The zero-order chi connectivity index (χ0) is 16.1. The summed E-state index contributed by atoms with van der Waals surface area (Å²) in [4.78, 5) is 16.0. The van der Waals surface area contributed by atoms with E-state index in [1.54, 1.807) is 36.7 Å². The van der Waals surface area contributed by atoms with Crippen LogP contribution in [0.3, 0.4) is 0 Å². The normalized spacial score (nSPS) is 13.6. The third kappa shape index (κ3) is 4.02. The van der Waals surface area contributed by atoms with Gasteiger partial charge in [-0.25, -0.2) is 0 Å². The van der Waals surface area contributed by atoms with Gasteiger partial charge < -0.3 is 14.8 Å². The highest BCUT2D eigenvalue weighted by Gasteiger charge is 2.14. The number of pyridine rings is 1. The standard InChI is InChI=1S/C17H15ClN2O3/c18-13-9-15-16(23-8-2-7-22-15)10-14(13)20-17(21)5-4-12-3-1-6-19-11-12/h1,3-6,9-11H,2,7-8H2,(H,20,21)/b5-4+. The summed E-state index contributed by atoms with van der Waals surface area (Å²) >= 11 is 6.19. The molecule has 1 aromatic heterocycles. The van der Waals surface area contributed by atoms with Gasteiger partial charge in [-0.1, -0.05) is 17.7 Å². The molecule has 0 saturated carbocycles. The van der Waals surface area contributed by atoms with Crippen LogP contribution in [-0.4, -0.2) is 24.1 Å². The van der Waals surface area contributed by atoms with Crippen LogP contribution in [0.2, 0.25) is 5.02 Å². The number of amides is 1. The van der Waals surface area contributed by atoms with E-state index in [0.717, 1.165) is 12.0 Å². The number of fused-ring (bicyclic) bond motifs is 1. The highest BCUT2D eigenvalue weighted by Crippen LogP contribution is 2.37. The van der Waals surface area contributed by atoms with Gasteiger partial charge >= 0.3 is 0 Å². The molecule has 0 spiro atoms. The first-order chi connectivity index (χ1) is 11.2. The number of anilines is 1. The molecule has 1 aliphatic rings. The molecule has 0 aliphatic carbocycles.